The van der Waals surface area contributed by atoms with Crippen LogP contribution in [0.4, 0.5) is 4.39 Å². The van der Waals surface area contributed by atoms with E-state index in [0.717, 1.165) is 11.3 Å². The Hall–Kier alpha value is -2.34. The zero-order valence-corrected chi connectivity index (χ0v) is 16.9. The van der Waals surface area contributed by atoms with E-state index in [1.807, 2.05) is 36.4 Å². The summed E-state index contributed by atoms with van der Waals surface area (Å²) in [7, 11) is 1.57. The van der Waals surface area contributed by atoms with E-state index in [1.165, 1.54) is 6.07 Å². The predicted octanol–water partition coefficient (Wildman–Crippen LogP) is 5.17. The summed E-state index contributed by atoms with van der Waals surface area (Å²) in [5.74, 6) is 0.724. The van der Waals surface area contributed by atoms with Crippen LogP contribution in [0.25, 0.3) is 0 Å². The molecule has 3 aromatic rings. The maximum Gasteiger partial charge on any atom is 0.161 e. The molecule has 0 atom stereocenters. The van der Waals surface area contributed by atoms with Gasteiger partial charge in [-0.3, -0.25) is 4.98 Å². The van der Waals surface area contributed by atoms with Crippen molar-refractivity contribution in [2.24, 2.45) is 0 Å². The number of nitrogens with one attached hydrogen (secondary N) is 1. The predicted molar refractivity (Wildman–Crippen MR) is 111 cm³/mol. The van der Waals surface area contributed by atoms with E-state index in [9.17, 15) is 4.39 Å². The van der Waals surface area contributed by atoms with Crippen molar-refractivity contribution >= 4 is 24.0 Å². The molecule has 3 rings (SSSR count). The van der Waals surface area contributed by atoms with E-state index < -0.39 is 5.82 Å². The number of hydrogen-bond acceptors (Lipinski definition) is 4. The summed E-state index contributed by atoms with van der Waals surface area (Å²) < 4.78 is 25.0. The van der Waals surface area contributed by atoms with Gasteiger partial charge in [0.1, 0.15) is 12.4 Å². The van der Waals surface area contributed by atoms with Gasteiger partial charge < -0.3 is 14.8 Å². The highest BCUT2D eigenvalue weighted by atomic mass is 35.5. The highest BCUT2D eigenvalue weighted by Gasteiger charge is 2.11. The fourth-order valence-corrected chi connectivity index (χ4v) is 2.82. The highest BCUT2D eigenvalue weighted by Crippen LogP contribution is 2.30. The summed E-state index contributed by atoms with van der Waals surface area (Å²) in [6.07, 6.45) is 1.77. The third-order valence-electron chi connectivity index (χ3n) is 4.02. The zero-order valence-electron chi connectivity index (χ0n) is 15.3. The van der Waals surface area contributed by atoms with Crippen molar-refractivity contribution in [1.82, 2.24) is 10.3 Å². The second-order valence-corrected chi connectivity index (χ2v) is 6.31. The number of benzene rings is 2. The van der Waals surface area contributed by atoms with Crippen LogP contribution >= 0.6 is 24.0 Å². The Labute approximate surface area is 175 Å². The van der Waals surface area contributed by atoms with Gasteiger partial charge in [-0.15, -0.1) is 12.4 Å². The first kappa shape index (κ1) is 22.0. The minimum atomic E-state index is -0.392. The zero-order chi connectivity index (χ0) is 19.1. The molecule has 0 spiro atoms. The highest BCUT2D eigenvalue weighted by molar-refractivity contribution is 6.31. The van der Waals surface area contributed by atoms with Gasteiger partial charge >= 0.3 is 0 Å². The molecule has 0 saturated heterocycles. The Balaban J connectivity index is 0.00000280. The van der Waals surface area contributed by atoms with E-state index in [2.05, 4.69) is 10.3 Å². The van der Waals surface area contributed by atoms with Crippen molar-refractivity contribution < 1.29 is 13.9 Å². The molecule has 0 saturated carbocycles. The molecular formula is C21H21Cl2FN2O2. The van der Waals surface area contributed by atoms with Crippen LogP contribution in [0.1, 0.15) is 16.8 Å². The second-order valence-electron chi connectivity index (χ2n) is 5.90. The van der Waals surface area contributed by atoms with E-state index >= 15 is 0 Å². The van der Waals surface area contributed by atoms with Crippen LogP contribution in [-0.2, 0) is 19.7 Å². The number of pyridine rings is 1. The lowest BCUT2D eigenvalue weighted by atomic mass is 10.2. The Morgan fingerprint density at radius 2 is 1.89 bits per heavy atom. The number of halogens is 3. The molecular weight excluding hydrogens is 402 g/mol. The average Bonchev–Trinajstić information content (AvgIpc) is 2.69. The Kier molecular flexibility index (Phi) is 8.51. The van der Waals surface area contributed by atoms with Gasteiger partial charge in [0.05, 0.1) is 17.8 Å². The minimum Gasteiger partial charge on any atom is -0.493 e. The van der Waals surface area contributed by atoms with Crippen molar-refractivity contribution in [2.45, 2.75) is 19.7 Å². The molecule has 0 radical (unpaired) electrons. The lowest BCUT2D eigenvalue weighted by Crippen LogP contribution is -2.13. The molecule has 148 valence electrons. The monoisotopic (exact) mass is 422 g/mol. The molecule has 1 heterocycles. The maximum atomic E-state index is 13.9. The molecule has 0 aliphatic heterocycles. The largest absolute Gasteiger partial charge is 0.493 e. The van der Waals surface area contributed by atoms with Crippen LogP contribution in [0.15, 0.2) is 60.8 Å². The van der Waals surface area contributed by atoms with Gasteiger partial charge in [-0.1, -0.05) is 29.8 Å². The van der Waals surface area contributed by atoms with Gasteiger partial charge in [0.25, 0.3) is 0 Å². The normalized spacial score (nSPS) is 10.2. The molecule has 1 N–H and O–H groups in total. The number of hydrogen-bond donors (Lipinski definition) is 1. The SMILES string of the molecule is COc1cc(CNCc2ccccn2)ccc1OCc1c(F)cccc1Cl.Cl. The summed E-state index contributed by atoms with van der Waals surface area (Å²) in [5.41, 5.74) is 2.34. The molecule has 7 heteroatoms. The molecule has 2 aromatic carbocycles. The Morgan fingerprint density at radius 3 is 2.61 bits per heavy atom. The molecule has 1 aromatic heterocycles. The molecule has 0 amide bonds. The van der Waals surface area contributed by atoms with Gasteiger partial charge in [0, 0.05) is 24.8 Å². The Morgan fingerprint density at radius 1 is 1.04 bits per heavy atom. The first-order valence-electron chi connectivity index (χ1n) is 8.50. The quantitative estimate of drug-likeness (QED) is 0.543. The molecule has 0 unspecified atom stereocenters. The first-order valence-corrected chi connectivity index (χ1v) is 8.88. The van der Waals surface area contributed by atoms with E-state index in [1.54, 1.807) is 25.4 Å². The van der Waals surface area contributed by atoms with Crippen LogP contribution in [0.3, 0.4) is 0 Å². The Bertz CT molecular complexity index is 875. The van der Waals surface area contributed by atoms with Crippen LogP contribution in [0.5, 0.6) is 11.5 Å². The summed E-state index contributed by atoms with van der Waals surface area (Å²) >= 11 is 6.04. The van der Waals surface area contributed by atoms with Crippen LogP contribution < -0.4 is 14.8 Å². The van der Waals surface area contributed by atoms with Crippen molar-refractivity contribution in [1.29, 1.82) is 0 Å². The molecule has 4 nitrogen and oxygen atoms in total. The average molecular weight is 423 g/mol. The summed E-state index contributed by atoms with van der Waals surface area (Å²) in [6.45, 7) is 1.36. The molecule has 0 fully saturated rings. The van der Waals surface area contributed by atoms with Crippen LogP contribution in [0.2, 0.25) is 5.02 Å². The second kappa shape index (κ2) is 10.9. The number of aromatic nitrogens is 1. The standard InChI is InChI=1S/C21H20ClFN2O2.ClH/c1-26-21-11-15(12-24-13-16-5-2-3-10-25-16)8-9-20(21)27-14-17-18(22)6-4-7-19(17)23;/h2-11,24H,12-14H2,1H3;1H. The van der Waals surface area contributed by atoms with Crippen molar-refractivity contribution in [3.63, 3.8) is 0 Å². The van der Waals surface area contributed by atoms with Crippen molar-refractivity contribution in [3.05, 3.63) is 88.5 Å². The van der Waals surface area contributed by atoms with E-state index in [0.29, 0.717) is 35.2 Å². The van der Waals surface area contributed by atoms with E-state index in [4.69, 9.17) is 21.1 Å². The molecule has 28 heavy (non-hydrogen) atoms. The fourth-order valence-electron chi connectivity index (χ4n) is 2.60. The molecule has 0 bridgehead atoms. The van der Waals surface area contributed by atoms with Crippen LogP contribution in [0, 0.1) is 5.82 Å². The van der Waals surface area contributed by atoms with Gasteiger partial charge in [0.2, 0.25) is 0 Å². The summed E-state index contributed by atoms with van der Waals surface area (Å²) in [4.78, 5) is 4.28. The van der Waals surface area contributed by atoms with Gasteiger partial charge in [-0.2, -0.15) is 0 Å². The third kappa shape index (κ3) is 5.83. The summed E-state index contributed by atoms with van der Waals surface area (Å²) in [6, 6.07) is 16.0. The fraction of sp³-hybridized carbons (Fsp3) is 0.190. The number of methoxy groups -OCH3 is 1. The number of rotatable bonds is 8. The smallest absolute Gasteiger partial charge is 0.161 e. The minimum absolute atomic E-state index is 0. The molecule has 0 aliphatic rings. The molecule has 0 aliphatic carbocycles. The van der Waals surface area contributed by atoms with Gasteiger partial charge in [0.15, 0.2) is 11.5 Å². The number of nitrogens with zero attached hydrogens (tertiary/aromatic N) is 1. The van der Waals surface area contributed by atoms with E-state index in [-0.39, 0.29) is 19.0 Å². The van der Waals surface area contributed by atoms with Crippen molar-refractivity contribution in [2.75, 3.05) is 7.11 Å². The lowest BCUT2D eigenvalue weighted by Gasteiger charge is -2.13. The first-order chi connectivity index (χ1) is 13.2. The topological polar surface area (TPSA) is 43.4 Å². The van der Waals surface area contributed by atoms with Crippen molar-refractivity contribution in [3.8, 4) is 11.5 Å². The van der Waals surface area contributed by atoms with Crippen LogP contribution in [-0.4, -0.2) is 12.1 Å². The van der Waals surface area contributed by atoms with Gasteiger partial charge in [-0.05, 0) is 42.0 Å². The lowest BCUT2D eigenvalue weighted by molar-refractivity contribution is 0.279. The van der Waals surface area contributed by atoms with Gasteiger partial charge in [-0.25, -0.2) is 4.39 Å². The number of ether oxygens (including phenoxy) is 2. The maximum absolute atomic E-state index is 13.9. The summed E-state index contributed by atoms with van der Waals surface area (Å²) in [5, 5.41) is 3.67. The third-order valence-corrected chi connectivity index (χ3v) is 4.38.